The third-order valence-corrected chi connectivity index (χ3v) is 4.97. The first-order valence-corrected chi connectivity index (χ1v) is 8.35. The summed E-state index contributed by atoms with van der Waals surface area (Å²) in [5.41, 5.74) is 1.97. The summed E-state index contributed by atoms with van der Waals surface area (Å²) < 4.78 is 14.1. The highest BCUT2D eigenvalue weighted by molar-refractivity contribution is 9.10. The summed E-state index contributed by atoms with van der Waals surface area (Å²) in [5.74, 6) is 0.186. The molecule has 0 saturated carbocycles. The van der Waals surface area contributed by atoms with Gasteiger partial charge in [0.1, 0.15) is 5.82 Å². The number of carbonyl (C=O) groups is 1. The van der Waals surface area contributed by atoms with Crippen molar-refractivity contribution >= 4 is 27.6 Å². The standard InChI is InChI=1S/C18H18BrFN2O/c1-21(16-8-6-15(20)7-9-16)18(23)22-11-13(12-22)10-14-4-2-3-5-17(14)19/h2-9,13H,10-12H2,1H3. The van der Waals surface area contributed by atoms with Crippen molar-refractivity contribution in [2.24, 2.45) is 5.92 Å². The molecule has 0 bridgehead atoms. The van der Waals surface area contributed by atoms with Crippen molar-refractivity contribution in [2.45, 2.75) is 6.42 Å². The second kappa shape index (κ2) is 6.71. The van der Waals surface area contributed by atoms with Gasteiger partial charge in [-0.1, -0.05) is 34.1 Å². The summed E-state index contributed by atoms with van der Waals surface area (Å²) in [6.45, 7) is 1.51. The molecule has 120 valence electrons. The number of hydrogen-bond acceptors (Lipinski definition) is 1. The van der Waals surface area contributed by atoms with E-state index >= 15 is 0 Å². The minimum absolute atomic E-state index is 0.0417. The molecule has 0 atom stereocenters. The topological polar surface area (TPSA) is 23.6 Å². The zero-order valence-electron chi connectivity index (χ0n) is 12.9. The number of nitrogens with zero attached hydrogens (tertiary/aromatic N) is 2. The Kier molecular flexibility index (Phi) is 4.66. The molecule has 1 saturated heterocycles. The van der Waals surface area contributed by atoms with E-state index < -0.39 is 0 Å². The van der Waals surface area contributed by atoms with Crippen LogP contribution in [0.1, 0.15) is 5.56 Å². The van der Waals surface area contributed by atoms with Crippen molar-refractivity contribution in [1.82, 2.24) is 4.90 Å². The maximum Gasteiger partial charge on any atom is 0.324 e. The van der Waals surface area contributed by atoms with Gasteiger partial charge in [0, 0.05) is 30.3 Å². The lowest BCUT2D eigenvalue weighted by Gasteiger charge is -2.41. The van der Waals surface area contributed by atoms with E-state index in [4.69, 9.17) is 0 Å². The molecule has 2 amide bonds. The monoisotopic (exact) mass is 376 g/mol. The van der Waals surface area contributed by atoms with E-state index in [1.165, 1.54) is 17.7 Å². The molecule has 1 fully saturated rings. The second-order valence-corrected chi connectivity index (χ2v) is 6.74. The highest BCUT2D eigenvalue weighted by Crippen LogP contribution is 2.26. The van der Waals surface area contributed by atoms with Crippen molar-refractivity contribution in [3.63, 3.8) is 0 Å². The summed E-state index contributed by atoms with van der Waals surface area (Å²) in [7, 11) is 1.72. The van der Waals surface area contributed by atoms with Gasteiger partial charge in [0.15, 0.2) is 0 Å². The maximum absolute atomic E-state index is 13.0. The number of carbonyl (C=O) groups excluding carboxylic acids is 1. The Labute approximate surface area is 143 Å². The molecule has 3 rings (SSSR count). The van der Waals surface area contributed by atoms with Crippen molar-refractivity contribution < 1.29 is 9.18 Å². The van der Waals surface area contributed by atoms with E-state index in [0.29, 0.717) is 11.6 Å². The number of rotatable bonds is 3. The number of halogens is 2. The number of anilines is 1. The lowest BCUT2D eigenvalue weighted by molar-refractivity contribution is 0.126. The van der Waals surface area contributed by atoms with Crippen LogP contribution in [0.5, 0.6) is 0 Å². The van der Waals surface area contributed by atoms with Gasteiger partial charge in [0.05, 0.1) is 0 Å². The molecule has 2 aromatic carbocycles. The average Bonchev–Trinajstić information content (AvgIpc) is 2.51. The van der Waals surface area contributed by atoms with E-state index in [1.54, 1.807) is 24.1 Å². The van der Waals surface area contributed by atoms with Crippen molar-refractivity contribution in [2.75, 3.05) is 25.0 Å². The van der Waals surface area contributed by atoms with Crippen molar-refractivity contribution in [1.29, 1.82) is 0 Å². The largest absolute Gasteiger partial charge is 0.324 e. The van der Waals surface area contributed by atoms with Crippen LogP contribution in [0.2, 0.25) is 0 Å². The Morgan fingerprint density at radius 1 is 1.22 bits per heavy atom. The molecule has 0 aliphatic carbocycles. The fraction of sp³-hybridized carbons (Fsp3) is 0.278. The molecule has 2 aromatic rings. The first kappa shape index (κ1) is 16.0. The number of likely N-dealkylation sites (tertiary alicyclic amines) is 1. The normalized spacial score (nSPS) is 14.5. The van der Waals surface area contributed by atoms with Crippen LogP contribution in [0.4, 0.5) is 14.9 Å². The van der Waals surface area contributed by atoms with Gasteiger partial charge in [-0.05, 0) is 48.2 Å². The minimum Gasteiger partial charge on any atom is -0.324 e. The molecular weight excluding hydrogens is 359 g/mol. The lowest BCUT2D eigenvalue weighted by Crippen LogP contribution is -2.54. The predicted octanol–water partition coefficient (Wildman–Crippen LogP) is 4.32. The predicted molar refractivity (Wildman–Crippen MR) is 93.1 cm³/mol. The fourth-order valence-corrected chi connectivity index (χ4v) is 3.26. The average molecular weight is 377 g/mol. The third-order valence-electron chi connectivity index (χ3n) is 4.19. The molecule has 0 N–H and O–H groups in total. The molecule has 0 radical (unpaired) electrons. The molecule has 0 spiro atoms. The molecule has 1 heterocycles. The first-order valence-electron chi connectivity index (χ1n) is 7.56. The van der Waals surface area contributed by atoms with E-state index in [9.17, 15) is 9.18 Å². The molecule has 3 nitrogen and oxygen atoms in total. The molecule has 0 unspecified atom stereocenters. The number of amides is 2. The highest BCUT2D eigenvalue weighted by atomic mass is 79.9. The Bertz CT molecular complexity index is 698. The summed E-state index contributed by atoms with van der Waals surface area (Å²) in [6, 6.07) is 14.1. The van der Waals surface area contributed by atoms with Crippen LogP contribution < -0.4 is 4.90 Å². The Morgan fingerprint density at radius 2 is 1.87 bits per heavy atom. The van der Waals surface area contributed by atoms with Crippen LogP contribution >= 0.6 is 15.9 Å². The van der Waals surface area contributed by atoms with E-state index in [-0.39, 0.29) is 11.8 Å². The van der Waals surface area contributed by atoms with Gasteiger partial charge in [-0.3, -0.25) is 4.90 Å². The Balaban J connectivity index is 1.55. The van der Waals surface area contributed by atoms with Gasteiger partial charge in [-0.2, -0.15) is 0 Å². The number of benzene rings is 2. The fourth-order valence-electron chi connectivity index (χ4n) is 2.82. The highest BCUT2D eigenvalue weighted by Gasteiger charge is 2.32. The maximum atomic E-state index is 13.0. The van der Waals surface area contributed by atoms with Gasteiger partial charge in [-0.25, -0.2) is 9.18 Å². The van der Waals surface area contributed by atoms with Crippen LogP contribution in [-0.4, -0.2) is 31.1 Å². The molecular formula is C18H18BrFN2O. The molecule has 1 aliphatic rings. The molecule has 0 aromatic heterocycles. The molecule has 23 heavy (non-hydrogen) atoms. The van der Waals surface area contributed by atoms with Gasteiger partial charge in [-0.15, -0.1) is 0 Å². The SMILES string of the molecule is CN(C(=O)N1CC(Cc2ccccc2Br)C1)c1ccc(F)cc1. The third kappa shape index (κ3) is 3.55. The van der Waals surface area contributed by atoms with E-state index in [2.05, 4.69) is 22.0 Å². The number of hydrogen-bond donors (Lipinski definition) is 0. The van der Waals surface area contributed by atoms with E-state index in [1.807, 2.05) is 23.1 Å². The zero-order chi connectivity index (χ0) is 16.4. The van der Waals surface area contributed by atoms with Gasteiger partial charge in [0.25, 0.3) is 0 Å². The number of urea groups is 1. The van der Waals surface area contributed by atoms with Crippen LogP contribution in [0, 0.1) is 11.7 Å². The zero-order valence-corrected chi connectivity index (χ0v) is 14.5. The minimum atomic E-state index is -0.299. The summed E-state index contributed by atoms with van der Waals surface area (Å²) in [5, 5.41) is 0. The molecule has 1 aliphatic heterocycles. The van der Waals surface area contributed by atoms with Crippen LogP contribution in [0.3, 0.4) is 0 Å². The lowest BCUT2D eigenvalue weighted by atomic mass is 9.92. The Hall–Kier alpha value is -1.88. The smallest absolute Gasteiger partial charge is 0.324 e. The van der Waals surface area contributed by atoms with Crippen LogP contribution in [0.25, 0.3) is 0 Å². The van der Waals surface area contributed by atoms with Gasteiger partial charge < -0.3 is 4.90 Å². The quantitative estimate of drug-likeness (QED) is 0.782. The van der Waals surface area contributed by atoms with Crippen LogP contribution in [-0.2, 0) is 6.42 Å². The van der Waals surface area contributed by atoms with Crippen LogP contribution in [0.15, 0.2) is 53.0 Å². The van der Waals surface area contributed by atoms with Crippen molar-refractivity contribution in [3.05, 3.63) is 64.4 Å². The molecule has 5 heteroatoms. The van der Waals surface area contributed by atoms with Crippen molar-refractivity contribution in [3.8, 4) is 0 Å². The first-order chi connectivity index (χ1) is 11.0. The Morgan fingerprint density at radius 3 is 2.52 bits per heavy atom. The summed E-state index contributed by atoms with van der Waals surface area (Å²) in [4.78, 5) is 15.8. The van der Waals surface area contributed by atoms with E-state index in [0.717, 1.165) is 24.0 Å². The second-order valence-electron chi connectivity index (χ2n) is 5.88. The summed E-state index contributed by atoms with van der Waals surface area (Å²) in [6.07, 6.45) is 0.964. The van der Waals surface area contributed by atoms with Gasteiger partial charge >= 0.3 is 6.03 Å². The van der Waals surface area contributed by atoms with Gasteiger partial charge in [0.2, 0.25) is 0 Å². The summed E-state index contributed by atoms with van der Waals surface area (Å²) >= 11 is 3.56.